The molecule has 1 aliphatic rings. The van der Waals surface area contributed by atoms with Crippen molar-refractivity contribution < 1.29 is 14.7 Å². The first kappa shape index (κ1) is 19.9. The van der Waals surface area contributed by atoms with Crippen LogP contribution in [-0.2, 0) is 21.5 Å². The predicted molar refractivity (Wildman–Crippen MR) is 107 cm³/mol. The molecule has 1 N–H and O–H groups in total. The molecule has 0 spiro atoms. The van der Waals surface area contributed by atoms with E-state index in [0.29, 0.717) is 12.3 Å². The van der Waals surface area contributed by atoms with Gasteiger partial charge in [-0.3, -0.25) is 0 Å². The first-order valence-corrected chi connectivity index (χ1v) is 10.3. The van der Waals surface area contributed by atoms with Crippen molar-refractivity contribution in [3.8, 4) is 6.07 Å². The second kappa shape index (κ2) is 7.64. The lowest BCUT2D eigenvalue weighted by Crippen LogP contribution is -2.27. The maximum atomic E-state index is 9.09. The molecule has 1 aliphatic heterocycles. The fraction of sp³-hybridized carbons (Fsp3) is 0.400. The third-order valence-corrected chi connectivity index (χ3v) is 6.53. The molecule has 1 unspecified atom stereocenters. The Morgan fingerprint density at radius 1 is 1.37 bits per heavy atom. The zero-order chi connectivity index (χ0) is 19.7. The number of thiophene rings is 1. The molecular formula is C20H22N2O3S2. The lowest BCUT2D eigenvalue weighted by molar-refractivity contribution is -0.159. The van der Waals surface area contributed by atoms with Gasteiger partial charge in [-0.2, -0.15) is 5.26 Å². The quantitative estimate of drug-likeness (QED) is 0.425. The van der Waals surface area contributed by atoms with Gasteiger partial charge < -0.3 is 14.7 Å². The van der Waals surface area contributed by atoms with Gasteiger partial charge in [0.05, 0.1) is 29.0 Å². The highest BCUT2D eigenvalue weighted by Gasteiger charge is 2.43. The van der Waals surface area contributed by atoms with E-state index in [-0.39, 0.29) is 6.42 Å². The van der Waals surface area contributed by atoms with Gasteiger partial charge in [0.2, 0.25) is 0 Å². The Morgan fingerprint density at radius 3 is 2.78 bits per heavy atom. The van der Waals surface area contributed by atoms with Gasteiger partial charge in [-0.05, 0) is 62.4 Å². The molecule has 1 fully saturated rings. The van der Waals surface area contributed by atoms with Crippen molar-refractivity contribution in [2.24, 2.45) is 5.16 Å². The largest absolute Gasteiger partial charge is 0.411 e. The number of nitriles is 1. The normalized spacial score (nSPS) is 22.0. The minimum absolute atomic E-state index is 0.268. The van der Waals surface area contributed by atoms with Gasteiger partial charge in [-0.1, -0.05) is 23.0 Å². The molecule has 27 heavy (non-hydrogen) atoms. The number of ether oxygens (including phenoxy) is 2. The van der Waals surface area contributed by atoms with Gasteiger partial charge in [0, 0.05) is 10.5 Å². The third kappa shape index (κ3) is 4.36. The Bertz CT molecular complexity index is 914. The predicted octanol–water partition coefficient (Wildman–Crippen LogP) is 5.16. The molecule has 1 aromatic heterocycles. The maximum Gasteiger partial charge on any atom is 0.164 e. The molecule has 1 aromatic carbocycles. The van der Waals surface area contributed by atoms with Crippen molar-refractivity contribution in [1.29, 1.82) is 5.26 Å². The van der Waals surface area contributed by atoms with Gasteiger partial charge in [-0.25, -0.2) is 0 Å². The van der Waals surface area contributed by atoms with E-state index < -0.39 is 11.4 Å². The summed E-state index contributed by atoms with van der Waals surface area (Å²) in [6.45, 7) is 8.16. The summed E-state index contributed by atoms with van der Waals surface area (Å²) < 4.78 is 13.0. The highest BCUT2D eigenvalue weighted by Crippen LogP contribution is 2.42. The molecule has 1 atom stereocenters. The molecule has 142 valence electrons. The van der Waals surface area contributed by atoms with Gasteiger partial charge in [0.25, 0.3) is 0 Å². The van der Waals surface area contributed by atoms with E-state index in [1.54, 1.807) is 30.0 Å². The number of hydrogen-bond acceptors (Lipinski definition) is 7. The van der Waals surface area contributed by atoms with Gasteiger partial charge in [-0.15, -0.1) is 11.3 Å². The molecule has 0 radical (unpaired) electrons. The summed E-state index contributed by atoms with van der Waals surface area (Å²) in [5, 5.41) is 23.5. The second-order valence-corrected chi connectivity index (χ2v) is 9.40. The highest BCUT2D eigenvalue weighted by atomic mass is 32.2. The fourth-order valence-electron chi connectivity index (χ4n) is 3.09. The summed E-state index contributed by atoms with van der Waals surface area (Å²) in [5.74, 6) is -0.571. The molecule has 0 bridgehead atoms. The first-order valence-electron chi connectivity index (χ1n) is 8.56. The van der Waals surface area contributed by atoms with E-state index in [4.69, 9.17) is 19.9 Å². The smallest absolute Gasteiger partial charge is 0.164 e. The second-order valence-electron chi connectivity index (χ2n) is 7.12. The van der Waals surface area contributed by atoms with E-state index in [0.717, 1.165) is 25.8 Å². The standard InChI is InChI=1S/C20H22N2O3S2/c1-13(22-23)17-6-5-16(9-14(17)7-8-21)27-18-10-15(11-26-18)20(4)12-24-19(2,3)25-20/h5-6,9-11,23H,7,12H2,1-4H3/b22-13+. The van der Waals surface area contributed by atoms with Gasteiger partial charge in [0.15, 0.2) is 5.79 Å². The molecule has 3 rings (SSSR count). The number of rotatable bonds is 5. The number of hydrogen-bond donors (Lipinski definition) is 1. The summed E-state index contributed by atoms with van der Waals surface area (Å²) in [6, 6.07) is 10.2. The van der Waals surface area contributed by atoms with Crippen molar-refractivity contribution >= 4 is 28.8 Å². The van der Waals surface area contributed by atoms with Crippen LogP contribution >= 0.6 is 23.1 Å². The van der Waals surface area contributed by atoms with Crippen LogP contribution in [0.3, 0.4) is 0 Å². The van der Waals surface area contributed by atoms with Crippen LogP contribution in [0.1, 0.15) is 44.4 Å². The fourth-order valence-corrected chi connectivity index (χ4v) is 5.23. The highest BCUT2D eigenvalue weighted by molar-refractivity contribution is 8.01. The lowest BCUT2D eigenvalue weighted by atomic mass is 10.0. The molecule has 5 nitrogen and oxygen atoms in total. The van der Waals surface area contributed by atoms with Crippen LogP contribution in [0, 0.1) is 11.3 Å². The van der Waals surface area contributed by atoms with Crippen molar-refractivity contribution in [2.45, 2.75) is 54.6 Å². The number of benzene rings is 1. The average molecular weight is 403 g/mol. The average Bonchev–Trinajstić information content (AvgIpc) is 3.20. The van der Waals surface area contributed by atoms with Crippen LogP contribution < -0.4 is 0 Å². The molecule has 7 heteroatoms. The van der Waals surface area contributed by atoms with E-state index in [1.165, 1.54) is 0 Å². The van der Waals surface area contributed by atoms with Crippen LogP contribution in [0.15, 0.2) is 43.9 Å². The molecule has 0 saturated carbocycles. The summed E-state index contributed by atoms with van der Waals surface area (Å²) in [5.41, 5.74) is 2.82. The monoisotopic (exact) mass is 402 g/mol. The van der Waals surface area contributed by atoms with E-state index >= 15 is 0 Å². The minimum atomic E-state index is -0.571. The Balaban J connectivity index is 1.82. The van der Waals surface area contributed by atoms with E-state index in [9.17, 15) is 0 Å². The first-order chi connectivity index (χ1) is 12.8. The van der Waals surface area contributed by atoms with Crippen molar-refractivity contribution in [3.63, 3.8) is 0 Å². The number of nitrogens with zero attached hydrogens (tertiary/aromatic N) is 2. The van der Waals surface area contributed by atoms with Crippen molar-refractivity contribution in [1.82, 2.24) is 0 Å². The maximum absolute atomic E-state index is 9.09. The Hall–Kier alpha value is -1.85. The van der Waals surface area contributed by atoms with Crippen LogP contribution in [0.25, 0.3) is 0 Å². The van der Waals surface area contributed by atoms with Crippen LogP contribution in [0.4, 0.5) is 0 Å². The molecule has 0 amide bonds. The summed E-state index contributed by atoms with van der Waals surface area (Å²) in [7, 11) is 0. The minimum Gasteiger partial charge on any atom is -0.411 e. The Morgan fingerprint density at radius 2 is 2.15 bits per heavy atom. The molecular weight excluding hydrogens is 380 g/mol. The molecule has 1 saturated heterocycles. The Kier molecular flexibility index (Phi) is 5.63. The third-order valence-electron chi connectivity index (χ3n) is 4.46. The SMILES string of the molecule is C/C(=N\O)c1ccc(Sc2cc(C3(C)COC(C)(C)O3)cs2)cc1CC#N. The summed E-state index contributed by atoms with van der Waals surface area (Å²) in [4.78, 5) is 1.04. The van der Waals surface area contributed by atoms with Gasteiger partial charge in [0.1, 0.15) is 5.60 Å². The zero-order valence-electron chi connectivity index (χ0n) is 15.8. The summed E-state index contributed by atoms with van der Waals surface area (Å²) in [6.07, 6.45) is 0.268. The molecule has 2 heterocycles. The van der Waals surface area contributed by atoms with E-state index in [1.807, 2.05) is 32.0 Å². The van der Waals surface area contributed by atoms with Crippen molar-refractivity contribution in [2.75, 3.05) is 6.61 Å². The van der Waals surface area contributed by atoms with Crippen LogP contribution in [0.5, 0.6) is 0 Å². The zero-order valence-corrected chi connectivity index (χ0v) is 17.4. The Labute approximate surface area is 167 Å². The van der Waals surface area contributed by atoms with Gasteiger partial charge >= 0.3 is 0 Å². The number of oxime groups is 1. The lowest BCUT2D eigenvalue weighted by Gasteiger charge is -2.24. The van der Waals surface area contributed by atoms with Crippen molar-refractivity contribution in [3.05, 3.63) is 46.3 Å². The van der Waals surface area contributed by atoms with Crippen LogP contribution in [0.2, 0.25) is 0 Å². The topological polar surface area (TPSA) is 74.8 Å². The van der Waals surface area contributed by atoms with Crippen LogP contribution in [-0.4, -0.2) is 23.3 Å². The molecule has 2 aromatic rings. The molecule has 0 aliphatic carbocycles. The van der Waals surface area contributed by atoms with E-state index in [2.05, 4.69) is 29.6 Å². The summed E-state index contributed by atoms with van der Waals surface area (Å²) >= 11 is 3.31.